The van der Waals surface area contributed by atoms with Gasteiger partial charge >= 0.3 is 29.0 Å². The first-order valence-corrected chi connectivity index (χ1v) is 6.49. The molecule has 3 heteroatoms. The average molecular weight is 241 g/mol. The van der Waals surface area contributed by atoms with Crippen LogP contribution >= 0.6 is 0 Å². The standard InChI is InChI=1S/C13H26O2.Mg.2H/c1-2-3-4-5-6-7-8-9-10-11-12-13(14)15;;;/h2-12H2,1H3,(H,14,15);;;/q;+2;2*-1. The van der Waals surface area contributed by atoms with Gasteiger partial charge in [-0.3, -0.25) is 4.79 Å². The number of aliphatic carboxylic acids is 1. The Bertz CT molecular complexity index is 158. The summed E-state index contributed by atoms with van der Waals surface area (Å²) in [6, 6.07) is 0. The molecule has 0 aliphatic rings. The third-order valence-corrected chi connectivity index (χ3v) is 2.74. The topological polar surface area (TPSA) is 37.3 Å². The van der Waals surface area contributed by atoms with Crippen LogP contribution in [0.1, 0.15) is 80.4 Å². The van der Waals surface area contributed by atoms with Gasteiger partial charge in [0.1, 0.15) is 0 Å². The molecule has 0 aliphatic heterocycles. The first kappa shape index (κ1) is 18.6. The van der Waals surface area contributed by atoms with Gasteiger partial charge in [0.05, 0.1) is 0 Å². The van der Waals surface area contributed by atoms with E-state index in [2.05, 4.69) is 6.92 Å². The number of carbonyl (C=O) groups is 1. The number of unbranched alkanes of at least 4 members (excludes halogenated alkanes) is 9. The minimum absolute atomic E-state index is 0. The number of rotatable bonds is 11. The predicted octanol–water partition coefficient (Wildman–Crippen LogP) is 4.23. The summed E-state index contributed by atoms with van der Waals surface area (Å²) in [5, 5.41) is 8.44. The van der Waals surface area contributed by atoms with Crippen LogP contribution in [-0.4, -0.2) is 34.1 Å². The molecule has 2 nitrogen and oxygen atoms in total. The average Bonchev–Trinajstić information content (AvgIpc) is 2.20. The molecule has 0 amide bonds. The van der Waals surface area contributed by atoms with Crippen LogP contribution in [0.2, 0.25) is 0 Å². The van der Waals surface area contributed by atoms with Crippen molar-refractivity contribution in [3.05, 3.63) is 0 Å². The second-order valence-electron chi connectivity index (χ2n) is 4.33. The van der Waals surface area contributed by atoms with Crippen molar-refractivity contribution in [1.29, 1.82) is 0 Å². The Kier molecular flexibility index (Phi) is 17.7. The molecule has 0 aromatic rings. The largest absolute Gasteiger partial charge is 2.00 e. The van der Waals surface area contributed by atoms with Crippen LogP contribution in [0.4, 0.5) is 0 Å². The fraction of sp³-hybridized carbons (Fsp3) is 0.923. The third-order valence-electron chi connectivity index (χ3n) is 2.74. The summed E-state index contributed by atoms with van der Waals surface area (Å²) in [5.41, 5.74) is 0. The summed E-state index contributed by atoms with van der Waals surface area (Å²) in [6.45, 7) is 2.24. The Morgan fingerprint density at radius 1 is 0.875 bits per heavy atom. The number of carboxylic acid groups (broad SMARTS) is 1. The van der Waals surface area contributed by atoms with Gasteiger partial charge in [0, 0.05) is 6.42 Å². The fourth-order valence-corrected chi connectivity index (χ4v) is 1.76. The van der Waals surface area contributed by atoms with Crippen LogP contribution in [0.25, 0.3) is 0 Å². The van der Waals surface area contributed by atoms with Crippen molar-refractivity contribution in [1.82, 2.24) is 0 Å². The van der Waals surface area contributed by atoms with Crippen molar-refractivity contribution in [2.75, 3.05) is 0 Å². The summed E-state index contributed by atoms with van der Waals surface area (Å²) < 4.78 is 0. The first-order chi connectivity index (χ1) is 7.27. The van der Waals surface area contributed by atoms with E-state index in [0.717, 1.165) is 12.8 Å². The van der Waals surface area contributed by atoms with E-state index in [0.29, 0.717) is 6.42 Å². The minimum Gasteiger partial charge on any atom is -1.00 e. The van der Waals surface area contributed by atoms with Gasteiger partial charge in [-0.2, -0.15) is 0 Å². The van der Waals surface area contributed by atoms with Crippen molar-refractivity contribution < 1.29 is 12.8 Å². The van der Waals surface area contributed by atoms with E-state index in [1.165, 1.54) is 51.4 Å². The van der Waals surface area contributed by atoms with E-state index < -0.39 is 5.97 Å². The Morgan fingerprint density at radius 2 is 1.25 bits per heavy atom. The van der Waals surface area contributed by atoms with E-state index in [9.17, 15) is 4.79 Å². The summed E-state index contributed by atoms with van der Waals surface area (Å²) in [6.07, 6.45) is 12.9. The quantitative estimate of drug-likeness (QED) is 0.434. The van der Waals surface area contributed by atoms with Crippen LogP contribution in [0.5, 0.6) is 0 Å². The van der Waals surface area contributed by atoms with E-state index in [1.807, 2.05) is 0 Å². The number of hydrogen-bond donors (Lipinski definition) is 1. The molecule has 0 saturated carbocycles. The molecule has 0 aliphatic carbocycles. The maximum atomic E-state index is 10.2. The SMILES string of the molecule is CCCCCCCCCCCCC(=O)O.[H-].[H-].[Mg+2]. The van der Waals surface area contributed by atoms with Crippen LogP contribution in [0, 0.1) is 0 Å². The molecule has 16 heavy (non-hydrogen) atoms. The zero-order chi connectivity index (χ0) is 11.4. The second kappa shape index (κ2) is 15.2. The summed E-state index contributed by atoms with van der Waals surface area (Å²) in [7, 11) is 0. The van der Waals surface area contributed by atoms with Gasteiger partial charge in [0.15, 0.2) is 0 Å². The van der Waals surface area contributed by atoms with Crippen molar-refractivity contribution in [2.24, 2.45) is 0 Å². The van der Waals surface area contributed by atoms with Crippen LogP contribution in [-0.2, 0) is 4.79 Å². The van der Waals surface area contributed by atoms with E-state index in [1.54, 1.807) is 0 Å². The summed E-state index contributed by atoms with van der Waals surface area (Å²) in [5.74, 6) is -0.658. The molecule has 0 radical (unpaired) electrons. The van der Waals surface area contributed by atoms with Gasteiger partial charge in [-0.15, -0.1) is 0 Å². The molecule has 0 bridgehead atoms. The van der Waals surface area contributed by atoms with Crippen LogP contribution < -0.4 is 0 Å². The summed E-state index contributed by atoms with van der Waals surface area (Å²) >= 11 is 0. The van der Waals surface area contributed by atoms with Gasteiger partial charge in [0.25, 0.3) is 0 Å². The van der Waals surface area contributed by atoms with E-state index in [4.69, 9.17) is 5.11 Å². The minimum atomic E-state index is -0.658. The second-order valence-corrected chi connectivity index (χ2v) is 4.33. The molecule has 0 saturated heterocycles. The predicted molar refractivity (Wildman–Crippen MR) is 72.1 cm³/mol. The maximum absolute atomic E-state index is 10.2. The number of hydrogen-bond acceptors (Lipinski definition) is 1. The molecule has 1 N–H and O–H groups in total. The normalized spacial score (nSPS) is 9.81. The van der Waals surface area contributed by atoms with Crippen molar-refractivity contribution >= 4 is 29.0 Å². The molecular weight excluding hydrogens is 212 g/mol. The maximum Gasteiger partial charge on any atom is 2.00 e. The third kappa shape index (κ3) is 16.7. The zero-order valence-electron chi connectivity index (χ0n) is 12.8. The summed E-state index contributed by atoms with van der Waals surface area (Å²) in [4.78, 5) is 10.2. The van der Waals surface area contributed by atoms with Crippen molar-refractivity contribution in [2.45, 2.75) is 77.6 Å². The monoisotopic (exact) mass is 240 g/mol. The van der Waals surface area contributed by atoms with Gasteiger partial charge in [-0.25, -0.2) is 0 Å². The molecule has 94 valence electrons. The van der Waals surface area contributed by atoms with Crippen LogP contribution in [0.3, 0.4) is 0 Å². The van der Waals surface area contributed by atoms with Crippen molar-refractivity contribution in [3.8, 4) is 0 Å². The molecule has 0 fully saturated rings. The molecule has 0 atom stereocenters. The Labute approximate surface area is 119 Å². The molecule has 0 spiro atoms. The van der Waals surface area contributed by atoms with Gasteiger partial charge < -0.3 is 7.96 Å². The fourth-order valence-electron chi connectivity index (χ4n) is 1.76. The zero-order valence-corrected chi connectivity index (χ0v) is 12.3. The number of carboxylic acids is 1. The van der Waals surface area contributed by atoms with Crippen LogP contribution in [0.15, 0.2) is 0 Å². The molecular formula is C13H28MgO2. The molecule has 0 heterocycles. The Morgan fingerprint density at radius 3 is 1.62 bits per heavy atom. The van der Waals surface area contributed by atoms with E-state index in [-0.39, 0.29) is 25.9 Å². The smallest absolute Gasteiger partial charge is 1.00 e. The molecule has 0 unspecified atom stereocenters. The van der Waals surface area contributed by atoms with Crippen molar-refractivity contribution in [3.63, 3.8) is 0 Å². The van der Waals surface area contributed by atoms with Gasteiger partial charge in [0.2, 0.25) is 0 Å². The molecule has 0 rings (SSSR count). The first-order valence-electron chi connectivity index (χ1n) is 6.49. The Hall–Kier alpha value is 0.236. The van der Waals surface area contributed by atoms with Gasteiger partial charge in [-0.1, -0.05) is 64.7 Å². The Balaban J connectivity index is -0.000000327. The van der Waals surface area contributed by atoms with Gasteiger partial charge in [-0.05, 0) is 6.42 Å². The molecule has 0 aromatic carbocycles. The molecule has 0 aromatic heterocycles. The van der Waals surface area contributed by atoms with E-state index >= 15 is 0 Å².